The Hall–Kier alpha value is -3.21. The van der Waals surface area contributed by atoms with Crippen LogP contribution in [0.5, 0.6) is 0 Å². The molecule has 0 aliphatic carbocycles. The van der Waals surface area contributed by atoms with E-state index in [2.05, 4.69) is 10.6 Å². The van der Waals surface area contributed by atoms with Crippen LogP contribution < -0.4 is 16.4 Å². The number of ether oxygens (including phenoxy) is 1. The number of guanidine groups is 1. The smallest absolute Gasteiger partial charge is 0.328 e. The lowest BCUT2D eigenvalue weighted by Gasteiger charge is -2.21. The number of amides is 1. The molecule has 5 N–H and O–H groups in total. The number of nitrogens with zero attached hydrogens (tertiary/aromatic N) is 2. The van der Waals surface area contributed by atoms with Crippen molar-refractivity contribution in [3.63, 3.8) is 0 Å². The molecule has 11 heteroatoms. The van der Waals surface area contributed by atoms with Gasteiger partial charge in [0.1, 0.15) is 6.04 Å². The van der Waals surface area contributed by atoms with Crippen LogP contribution in [0.3, 0.4) is 0 Å². The molecule has 154 valence electrons. The molecule has 1 aromatic rings. The van der Waals surface area contributed by atoms with Crippen molar-refractivity contribution in [3.8, 4) is 0 Å². The third-order valence-electron chi connectivity index (χ3n) is 4.09. The summed E-state index contributed by atoms with van der Waals surface area (Å²) in [4.78, 5) is 35.4. The van der Waals surface area contributed by atoms with Crippen molar-refractivity contribution in [2.24, 2.45) is 5.73 Å². The first-order chi connectivity index (χ1) is 13.3. The summed E-state index contributed by atoms with van der Waals surface area (Å²) < 4.78 is 4.71. The maximum absolute atomic E-state index is 12.6. The minimum atomic E-state index is -0.968. The predicted octanol–water partition coefficient (Wildman–Crippen LogP) is -0.358. The van der Waals surface area contributed by atoms with Gasteiger partial charge in [0.05, 0.1) is 19.7 Å². The molecule has 0 saturated heterocycles. The third kappa shape index (κ3) is 7.19. The summed E-state index contributed by atoms with van der Waals surface area (Å²) in [6, 6.07) is 7.86. The van der Waals surface area contributed by atoms with Crippen LogP contribution in [0.2, 0.25) is 0 Å². The highest BCUT2D eigenvalue weighted by Crippen LogP contribution is 2.06. The second-order valence-electron chi connectivity index (χ2n) is 6.00. The first-order valence-corrected chi connectivity index (χ1v) is 8.65. The van der Waals surface area contributed by atoms with E-state index in [1.807, 2.05) is 30.3 Å². The van der Waals surface area contributed by atoms with E-state index in [4.69, 9.17) is 15.9 Å². The minimum absolute atomic E-state index is 0.0950. The highest BCUT2D eigenvalue weighted by molar-refractivity contribution is 5.87. The quantitative estimate of drug-likeness (QED) is 0.130. The van der Waals surface area contributed by atoms with Gasteiger partial charge in [-0.2, -0.15) is 0 Å². The van der Waals surface area contributed by atoms with Crippen molar-refractivity contribution in [3.05, 3.63) is 46.0 Å². The SMILES string of the molecule is CN[C@@H](Cc1ccccc1)C(=O)NC(CCCN(C(=N)N)[N+](=O)[O-])C(=O)OC. The van der Waals surface area contributed by atoms with Crippen LogP contribution in [0.25, 0.3) is 0 Å². The Kier molecular flexibility index (Phi) is 9.37. The van der Waals surface area contributed by atoms with Crippen molar-refractivity contribution in [1.82, 2.24) is 15.6 Å². The molecule has 0 aliphatic heterocycles. The lowest BCUT2D eigenvalue weighted by atomic mass is 10.0. The number of methoxy groups -OCH3 is 1. The fourth-order valence-electron chi connectivity index (χ4n) is 2.57. The largest absolute Gasteiger partial charge is 0.467 e. The number of hydrogen-bond acceptors (Lipinski definition) is 7. The predicted molar refractivity (Wildman–Crippen MR) is 102 cm³/mol. The Labute approximate surface area is 162 Å². The molecule has 0 fully saturated rings. The second kappa shape index (κ2) is 11.5. The van der Waals surface area contributed by atoms with Gasteiger partial charge in [-0.25, -0.2) is 14.9 Å². The molecule has 1 unspecified atom stereocenters. The molecule has 0 radical (unpaired) electrons. The number of likely N-dealkylation sites (N-methyl/N-ethyl adjacent to an activating group) is 1. The van der Waals surface area contributed by atoms with Crippen molar-refractivity contribution >= 4 is 17.8 Å². The van der Waals surface area contributed by atoms with Gasteiger partial charge in [-0.15, -0.1) is 0 Å². The molecule has 0 aromatic heterocycles. The summed E-state index contributed by atoms with van der Waals surface area (Å²) in [5, 5.41) is 23.2. The number of hydrazine groups is 1. The van der Waals surface area contributed by atoms with Crippen LogP contribution in [0.4, 0.5) is 0 Å². The summed E-state index contributed by atoms with van der Waals surface area (Å²) in [5.74, 6) is -1.75. The van der Waals surface area contributed by atoms with E-state index in [-0.39, 0.29) is 25.3 Å². The van der Waals surface area contributed by atoms with Crippen molar-refractivity contribution in [2.75, 3.05) is 20.7 Å². The third-order valence-corrected chi connectivity index (χ3v) is 4.09. The van der Waals surface area contributed by atoms with Gasteiger partial charge in [0, 0.05) is 0 Å². The second-order valence-corrected chi connectivity index (χ2v) is 6.00. The van der Waals surface area contributed by atoms with E-state index >= 15 is 0 Å². The van der Waals surface area contributed by atoms with E-state index in [0.717, 1.165) is 5.56 Å². The Morgan fingerprint density at radius 3 is 2.46 bits per heavy atom. The zero-order chi connectivity index (χ0) is 21.1. The number of nitro groups is 1. The fourth-order valence-corrected chi connectivity index (χ4v) is 2.57. The highest BCUT2D eigenvalue weighted by Gasteiger charge is 2.26. The maximum atomic E-state index is 12.6. The molecule has 0 aliphatic rings. The molecular formula is C17H26N6O5. The lowest BCUT2D eigenvalue weighted by molar-refractivity contribution is -0.629. The lowest BCUT2D eigenvalue weighted by Crippen LogP contribution is -2.50. The minimum Gasteiger partial charge on any atom is -0.467 e. The molecule has 0 heterocycles. The van der Waals surface area contributed by atoms with Crippen LogP contribution >= 0.6 is 0 Å². The number of hydrogen-bond donors (Lipinski definition) is 4. The van der Waals surface area contributed by atoms with Crippen molar-refractivity contribution in [1.29, 1.82) is 5.41 Å². The van der Waals surface area contributed by atoms with Gasteiger partial charge >= 0.3 is 5.97 Å². The average molecular weight is 394 g/mol. The topological polar surface area (TPSA) is 164 Å². The van der Waals surface area contributed by atoms with E-state index in [1.54, 1.807) is 7.05 Å². The van der Waals surface area contributed by atoms with Gasteiger partial charge in [0.15, 0.2) is 5.03 Å². The Bertz CT molecular complexity index is 670. The molecule has 0 bridgehead atoms. The Morgan fingerprint density at radius 2 is 1.96 bits per heavy atom. The zero-order valence-electron chi connectivity index (χ0n) is 15.9. The fraction of sp³-hybridized carbons (Fsp3) is 0.471. The molecule has 1 rings (SSSR count). The maximum Gasteiger partial charge on any atom is 0.328 e. The Morgan fingerprint density at radius 1 is 1.32 bits per heavy atom. The van der Waals surface area contributed by atoms with E-state index in [9.17, 15) is 19.7 Å². The first kappa shape index (κ1) is 22.8. The number of carbonyl (C=O) groups excluding carboxylic acids is 2. The number of carbonyl (C=O) groups is 2. The number of esters is 1. The van der Waals surface area contributed by atoms with Gasteiger partial charge < -0.3 is 21.1 Å². The Balaban J connectivity index is 2.70. The van der Waals surface area contributed by atoms with E-state index in [0.29, 0.717) is 11.4 Å². The summed E-state index contributed by atoms with van der Waals surface area (Å²) in [6.07, 6.45) is 0.665. The van der Waals surface area contributed by atoms with Gasteiger partial charge in [0.25, 0.3) is 5.96 Å². The number of rotatable bonds is 11. The van der Waals surface area contributed by atoms with Crippen LogP contribution in [0.15, 0.2) is 30.3 Å². The normalized spacial score (nSPS) is 12.5. The molecule has 0 spiro atoms. The summed E-state index contributed by atoms with van der Waals surface area (Å²) in [6.45, 7) is -0.175. The zero-order valence-corrected chi connectivity index (χ0v) is 15.9. The average Bonchev–Trinajstić information content (AvgIpc) is 2.67. The molecule has 1 aromatic carbocycles. The first-order valence-electron chi connectivity index (χ1n) is 8.65. The van der Waals surface area contributed by atoms with Gasteiger partial charge in [-0.3, -0.25) is 10.2 Å². The molecule has 28 heavy (non-hydrogen) atoms. The molecular weight excluding hydrogens is 368 g/mol. The summed E-state index contributed by atoms with van der Waals surface area (Å²) in [5.41, 5.74) is 6.10. The monoisotopic (exact) mass is 394 g/mol. The molecule has 0 saturated carbocycles. The van der Waals surface area contributed by atoms with Gasteiger partial charge in [-0.1, -0.05) is 35.3 Å². The molecule has 11 nitrogen and oxygen atoms in total. The molecule has 1 amide bonds. The summed E-state index contributed by atoms with van der Waals surface area (Å²) in [7, 11) is 2.84. The standard InChI is InChI=1S/C17H26N6O5/c1-20-14(11-12-7-4-3-5-8-12)15(24)21-13(16(25)28-2)9-6-10-22(17(18)19)23(26)27/h3-5,7-8,13-14,20H,6,9-11H2,1-2H3,(H3,18,19)(H,21,24)/t13?,14-/m0/s1. The van der Waals surface area contributed by atoms with Crippen molar-refractivity contribution in [2.45, 2.75) is 31.3 Å². The van der Waals surface area contributed by atoms with E-state index in [1.165, 1.54) is 7.11 Å². The summed E-state index contributed by atoms with van der Waals surface area (Å²) >= 11 is 0. The van der Waals surface area contributed by atoms with Gasteiger partial charge in [-0.05, 0) is 31.9 Å². The van der Waals surface area contributed by atoms with E-state index < -0.39 is 29.0 Å². The van der Waals surface area contributed by atoms with Crippen LogP contribution in [0, 0.1) is 15.5 Å². The van der Waals surface area contributed by atoms with Crippen LogP contribution in [0.1, 0.15) is 18.4 Å². The van der Waals surface area contributed by atoms with Crippen LogP contribution in [-0.2, 0) is 20.7 Å². The number of benzene rings is 1. The number of nitrogens with two attached hydrogens (primary N) is 1. The van der Waals surface area contributed by atoms with Crippen molar-refractivity contribution < 1.29 is 19.4 Å². The highest BCUT2D eigenvalue weighted by atomic mass is 16.7. The molecule has 2 atom stereocenters. The van der Waals surface area contributed by atoms with Crippen LogP contribution in [-0.4, -0.2) is 60.7 Å². The number of nitrogens with one attached hydrogen (secondary N) is 3. The van der Waals surface area contributed by atoms with Gasteiger partial charge in [0.2, 0.25) is 5.91 Å².